The zero-order chi connectivity index (χ0) is 24.5. The summed E-state index contributed by atoms with van der Waals surface area (Å²) < 4.78 is 10.6. The van der Waals surface area contributed by atoms with Crippen LogP contribution in [0.2, 0.25) is 10.0 Å². The molecule has 10 heteroatoms. The second kappa shape index (κ2) is 11.8. The summed E-state index contributed by atoms with van der Waals surface area (Å²) in [5.41, 5.74) is 3.36. The van der Waals surface area contributed by atoms with Crippen LogP contribution >= 0.6 is 23.2 Å². The molecule has 174 valence electrons. The van der Waals surface area contributed by atoms with E-state index in [1.54, 1.807) is 48.5 Å². The number of carbonyl (C=O) groups is 3. The number of carbonyl (C=O) groups excluding carboxylic acids is 3. The molecule has 0 aliphatic carbocycles. The van der Waals surface area contributed by atoms with Gasteiger partial charge in [-0.05, 0) is 79.2 Å². The van der Waals surface area contributed by atoms with Crippen LogP contribution in [0.5, 0.6) is 11.5 Å². The fourth-order valence-corrected chi connectivity index (χ4v) is 3.13. The second-order valence-corrected chi connectivity index (χ2v) is 7.54. The van der Waals surface area contributed by atoms with E-state index in [4.69, 9.17) is 32.7 Å². The Labute approximate surface area is 205 Å². The minimum absolute atomic E-state index is 0.183. The molecule has 34 heavy (non-hydrogen) atoms. The summed E-state index contributed by atoms with van der Waals surface area (Å²) in [5, 5.41) is 6.81. The summed E-state index contributed by atoms with van der Waals surface area (Å²) in [6.45, 7) is 2.39. The van der Waals surface area contributed by atoms with Crippen molar-refractivity contribution in [2.45, 2.75) is 6.92 Å². The number of esters is 1. The highest BCUT2D eigenvalue weighted by atomic mass is 35.5. The molecule has 0 saturated heterocycles. The fourth-order valence-electron chi connectivity index (χ4n) is 2.64. The number of rotatable bonds is 7. The first-order chi connectivity index (χ1) is 16.4. The van der Waals surface area contributed by atoms with Gasteiger partial charge in [-0.25, -0.2) is 10.2 Å². The van der Waals surface area contributed by atoms with Crippen molar-refractivity contribution < 1.29 is 23.9 Å². The Morgan fingerprint density at radius 1 is 0.912 bits per heavy atom. The third-order valence-electron chi connectivity index (χ3n) is 4.25. The van der Waals surface area contributed by atoms with Crippen LogP contribution in [0.4, 0.5) is 5.69 Å². The predicted octanol–water partition coefficient (Wildman–Crippen LogP) is 4.70. The largest absolute Gasteiger partial charge is 0.494 e. The number of benzene rings is 3. The first-order valence-corrected chi connectivity index (χ1v) is 10.8. The van der Waals surface area contributed by atoms with Crippen LogP contribution in [0.15, 0.2) is 71.8 Å². The zero-order valence-corrected chi connectivity index (χ0v) is 19.4. The highest BCUT2D eigenvalue weighted by molar-refractivity contribution is 6.39. The van der Waals surface area contributed by atoms with Gasteiger partial charge in [-0.3, -0.25) is 9.59 Å². The quantitative estimate of drug-likeness (QED) is 0.161. The topological polar surface area (TPSA) is 106 Å². The smallest absolute Gasteiger partial charge is 0.345 e. The molecule has 0 saturated carbocycles. The van der Waals surface area contributed by atoms with Gasteiger partial charge in [-0.2, -0.15) is 5.10 Å². The minimum Gasteiger partial charge on any atom is -0.494 e. The van der Waals surface area contributed by atoms with E-state index in [0.717, 1.165) is 0 Å². The average molecular weight is 500 g/mol. The maximum atomic E-state index is 12.3. The van der Waals surface area contributed by atoms with Crippen LogP contribution in [0.1, 0.15) is 22.8 Å². The maximum absolute atomic E-state index is 12.3. The molecule has 3 aromatic rings. The SMILES string of the molecule is CCOc1ccc(NC(=O)C(=O)NN=Cc2ccc(OC(=O)c3ccc(Cl)cc3Cl)cc2)cc1. The van der Waals surface area contributed by atoms with Crippen molar-refractivity contribution in [3.63, 3.8) is 0 Å². The van der Waals surface area contributed by atoms with Gasteiger partial charge in [0.25, 0.3) is 0 Å². The van der Waals surface area contributed by atoms with Gasteiger partial charge in [0.2, 0.25) is 0 Å². The van der Waals surface area contributed by atoms with Crippen molar-refractivity contribution in [1.82, 2.24) is 5.43 Å². The van der Waals surface area contributed by atoms with Crippen molar-refractivity contribution in [2.24, 2.45) is 5.10 Å². The van der Waals surface area contributed by atoms with Crippen LogP contribution in [0.25, 0.3) is 0 Å². The van der Waals surface area contributed by atoms with E-state index in [9.17, 15) is 14.4 Å². The number of hydrogen-bond acceptors (Lipinski definition) is 6. The third-order valence-corrected chi connectivity index (χ3v) is 4.80. The van der Waals surface area contributed by atoms with Gasteiger partial charge < -0.3 is 14.8 Å². The Morgan fingerprint density at radius 2 is 1.59 bits per heavy atom. The lowest BCUT2D eigenvalue weighted by Gasteiger charge is -2.07. The first kappa shape index (κ1) is 24.8. The Bertz CT molecular complexity index is 1210. The third kappa shape index (κ3) is 7.06. The standard InChI is InChI=1S/C24H19Cl2N3O5/c1-2-33-18-10-6-17(7-11-18)28-22(30)23(31)29-27-14-15-3-8-19(9-4-15)34-24(32)20-12-5-16(25)13-21(20)26/h3-14H,2H2,1H3,(H,28,30)(H,29,31). The van der Waals surface area contributed by atoms with Crippen LogP contribution in [0, 0.1) is 0 Å². The molecule has 0 aliphatic heterocycles. The van der Waals surface area contributed by atoms with E-state index in [1.807, 2.05) is 6.92 Å². The molecule has 0 radical (unpaired) electrons. The van der Waals surface area contributed by atoms with Gasteiger partial charge >= 0.3 is 17.8 Å². The molecule has 0 bridgehead atoms. The highest BCUT2D eigenvalue weighted by Crippen LogP contribution is 2.23. The summed E-state index contributed by atoms with van der Waals surface area (Å²) >= 11 is 11.8. The zero-order valence-electron chi connectivity index (χ0n) is 17.9. The van der Waals surface area contributed by atoms with Crippen molar-refractivity contribution in [3.8, 4) is 11.5 Å². The fraction of sp³-hybridized carbons (Fsp3) is 0.0833. The Balaban J connectivity index is 1.50. The van der Waals surface area contributed by atoms with Gasteiger partial charge in [0.15, 0.2) is 0 Å². The predicted molar refractivity (Wildman–Crippen MR) is 130 cm³/mol. The lowest BCUT2D eigenvalue weighted by atomic mass is 10.2. The molecule has 0 fully saturated rings. The number of halogens is 2. The molecule has 0 atom stereocenters. The summed E-state index contributed by atoms with van der Waals surface area (Å²) in [5.74, 6) is -1.50. The molecule has 2 N–H and O–H groups in total. The Morgan fingerprint density at radius 3 is 2.24 bits per heavy atom. The van der Waals surface area contributed by atoms with E-state index < -0.39 is 17.8 Å². The van der Waals surface area contributed by atoms with E-state index in [0.29, 0.717) is 28.6 Å². The van der Waals surface area contributed by atoms with Crippen LogP contribution < -0.4 is 20.2 Å². The second-order valence-electron chi connectivity index (χ2n) is 6.69. The molecule has 0 aromatic heterocycles. The van der Waals surface area contributed by atoms with Crippen LogP contribution in [-0.4, -0.2) is 30.6 Å². The Hall–Kier alpha value is -3.88. The molecule has 3 aromatic carbocycles. The minimum atomic E-state index is -0.935. The van der Waals surface area contributed by atoms with Crippen LogP contribution in [-0.2, 0) is 9.59 Å². The number of amides is 2. The van der Waals surface area contributed by atoms with Crippen molar-refractivity contribution in [1.29, 1.82) is 0 Å². The molecular weight excluding hydrogens is 481 g/mol. The number of nitrogens with one attached hydrogen (secondary N) is 2. The Kier molecular flexibility index (Phi) is 8.61. The number of nitrogens with zero attached hydrogens (tertiary/aromatic N) is 1. The molecule has 2 amide bonds. The van der Waals surface area contributed by atoms with Gasteiger partial charge in [-0.15, -0.1) is 0 Å². The molecule has 0 aliphatic rings. The summed E-state index contributed by atoms with van der Waals surface area (Å²) in [4.78, 5) is 36.2. The lowest BCUT2D eigenvalue weighted by Crippen LogP contribution is -2.32. The van der Waals surface area contributed by atoms with E-state index >= 15 is 0 Å². The maximum Gasteiger partial charge on any atom is 0.345 e. The van der Waals surface area contributed by atoms with Crippen molar-refractivity contribution >= 4 is 52.9 Å². The van der Waals surface area contributed by atoms with Gasteiger partial charge in [0.05, 0.1) is 23.4 Å². The number of hydrogen-bond donors (Lipinski definition) is 2. The molecule has 0 spiro atoms. The molecule has 0 heterocycles. The first-order valence-electron chi connectivity index (χ1n) is 10.00. The van der Waals surface area contributed by atoms with Gasteiger partial charge in [0.1, 0.15) is 11.5 Å². The average Bonchev–Trinajstić information content (AvgIpc) is 2.81. The summed E-state index contributed by atoms with van der Waals surface area (Å²) in [6, 6.07) is 17.4. The summed E-state index contributed by atoms with van der Waals surface area (Å²) in [7, 11) is 0. The molecule has 3 rings (SSSR count). The van der Waals surface area contributed by atoms with Crippen LogP contribution in [0.3, 0.4) is 0 Å². The monoisotopic (exact) mass is 499 g/mol. The normalized spacial score (nSPS) is 10.6. The van der Waals surface area contributed by atoms with Gasteiger partial charge in [0, 0.05) is 10.7 Å². The number of hydrazone groups is 1. The number of anilines is 1. The lowest BCUT2D eigenvalue weighted by molar-refractivity contribution is -0.136. The van der Waals surface area contributed by atoms with Crippen molar-refractivity contribution in [3.05, 3.63) is 87.9 Å². The van der Waals surface area contributed by atoms with E-state index in [2.05, 4.69) is 15.8 Å². The summed E-state index contributed by atoms with van der Waals surface area (Å²) in [6.07, 6.45) is 1.34. The van der Waals surface area contributed by atoms with Crippen molar-refractivity contribution in [2.75, 3.05) is 11.9 Å². The number of ether oxygens (including phenoxy) is 2. The molecule has 8 nitrogen and oxygen atoms in total. The van der Waals surface area contributed by atoms with E-state index in [-0.39, 0.29) is 16.3 Å². The van der Waals surface area contributed by atoms with Gasteiger partial charge in [-0.1, -0.05) is 23.2 Å². The highest BCUT2D eigenvalue weighted by Gasteiger charge is 2.14. The molecular formula is C24H19Cl2N3O5. The van der Waals surface area contributed by atoms with E-state index in [1.165, 1.54) is 24.4 Å². The molecule has 0 unspecified atom stereocenters.